The molecule has 1 aliphatic heterocycles. The molecule has 1 fully saturated rings. The van der Waals surface area contributed by atoms with Crippen molar-refractivity contribution in [3.63, 3.8) is 0 Å². The van der Waals surface area contributed by atoms with Crippen LogP contribution in [0.1, 0.15) is 49.8 Å². The number of aromatic nitrogens is 1. The Morgan fingerprint density at radius 2 is 2.09 bits per heavy atom. The summed E-state index contributed by atoms with van der Waals surface area (Å²) in [6, 6.07) is 9.16. The fraction of sp³-hybridized carbons (Fsp3) is 0.500. The van der Waals surface area contributed by atoms with Gasteiger partial charge in [-0.1, -0.05) is 6.92 Å². The molecule has 2 N–H and O–H groups in total. The number of pyridine rings is 1. The molecule has 0 bridgehead atoms. The van der Waals surface area contributed by atoms with Crippen molar-refractivity contribution < 1.29 is 4.42 Å². The highest BCUT2D eigenvalue weighted by molar-refractivity contribution is 5.13. The van der Waals surface area contributed by atoms with Gasteiger partial charge < -0.3 is 4.42 Å². The summed E-state index contributed by atoms with van der Waals surface area (Å²) in [5.41, 5.74) is 7.69. The summed E-state index contributed by atoms with van der Waals surface area (Å²) in [4.78, 5) is 6.56. The SMILES string of the molecule is CCC(C)N(Cc1ccncc1)Cc1ccc(C2CCNN2)o1. The molecular weight excluding hydrogens is 288 g/mol. The number of nitrogens with one attached hydrogen (secondary N) is 2. The fourth-order valence-electron chi connectivity index (χ4n) is 2.91. The molecule has 1 aliphatic rings. The molecule has 5 nitrogen and oxygen atoms in total. The first-order valence-electron chi connectivity index (χ1n) is 8.46. The Morgan fingerprint density at radius 3 is 2.78 bits per heavy atom. The van der Waals surface area contributed by atoms with Crippen molar-refractivity contribution in [1.29, 1.82) is 0 Å². The van der Waals surface area contributed by atoms with Gasteiger partial charge in [0.2, 0.25) is 0 Å². The van der Waals surface area contributed by atoms with E-state index in [9.17, 15) is 0 Å². The second kappa shape index (κ2) is 7.73. The van der Waals surface area contributed by atoms with Crippen molar-refractivity contribution in [3.05, 3.63) is 53.7 Å². The van der Waals surface area contributed by atoms with Crippen LogP contribution in [-0.2, 0) is 13.1 Å². The first kappa shape index (κ1) is 16.2. The second-order valence-electron chi connectivity index (χ2n) is 6.23. The zero-order valence-electron chi connectivity index (χ0n) is 14.0. The Bertz CT molecular complexity index is 592. The predicted octanol–water partition coefficient (Wildman–Crippen LogP) is 3.01. The van der Waals surface area contributed by atoms with Gasteiger partial charge in [-0.25, -0.2) is 5.43 Å². The molecule has 0 aliphatic carbocycles. The molecule has 2 atom stereocenters. The van der Waals surface area contributed by atoms with Crippen LogP contribution in [0.5, 0.6) is 0 Å². The number of nitrogens with zero attached hydrogens (tertiary/aromatic N) is 2. The maximum absolute atomic E-state index is 6.07. The van der Waals surface area contributed by atoms with Crippen molar-refractivity contribution in [2.75, 3.05) is 6.54 Å². The number of hydrazine groups is 1. The van der Waals surface area contributed by atoms with E-state index in [0.717, 1.165) is 44.0 Å². The maximum Gasteiger partial charge on any atom is 0.122 e. The summed E-state index contributed by atoms with van der Waals surface area (Å²) < 4.78 is 6.07. The molecule has 0 amide bonds. The summed E-state index contributed by atoms with van der Waals surface area (Å²) in [6.45, 7) is 7.23. The summed E-state index contributed by atoms with van der Waals surface area (Å²) >= 11 is 0. The molecule has 2 aromatic rings. The lowest BCUT2D eigenvalue weighted by Gasteiger charge is -2.27. The Hall–Kier alpha value is -1.69. The molecule has 0 spiro atoms. The van der Waals surface area contributed by atoms with Crippen LogP contribution in [0.25, 0.3) is 0 Å². The molecule has 0 saturated carbocycles. The van der Waals surface area contributed by atoms with Gasteiger partial charge in [-0.3, -0.25) is 15.3 Å². The van der Waals surface area contributed by atoms with Gasteiger partial charge >= 0.3 is 0 Å². The summed E-state index contributed by atoms with van der Waals surface area (Å²) in [7, 11) is 0. The van der Waals surface area contributed by atoms with Crippen LogP contribution in [0.4, 0.5) is 0 Å². The molecule has 2 aromatic heterocycles. The average molecular weight is 314 g/mol. The first-order valence-corrected chi connectivity index (χ1v) is 8.46. The highest BCUT2D eigenvalue weighted by atomic mass is 16.3. The van der Waals surface area contributed by atoms with Gasteiger partial charge in [-0.05, 0) is 49.6 Å². The molecule has 3 heterocycles. The van der Waals surface area contributed by atoms with E-state index in [1.807, 2.05) is 12.4 Å². The van der Waals surface area contributed by atoms with Crippen LogP contribution in [0, 0.1) is 0 Å². The molecule has 1 saturated heterocycles. The Labute approximate surface area is 138 Å². The minimum Gasteiger partial charge on any atom is -0.463 e. The van der Waals surface area contributed by atoms with Crippen molar-refractivity contribution >= 4 is 0 Å². The molecule has 124 valence electrons. The minimum absolute atomic E-state index is 0.293. The van der Waals surface area contributed by atoms with Gasteiger partial charge in [0.15, 0.2) is 0 Å². The van der Waals surface area contributed by atoms with Gasteiger partial charge in [0.05, 0.1) is 12.6 Å². The van der Waals surface area contributed by atoms with Crippen LogP contribution in [-0.4, -0.2) is 22.5 Å². The Morgan fingerprint density at radius 1 is 1.26 bits per heavy atom. The number of furan rings is 1. The highest BCUT2D eigenvalue weighted by Gasteiger charge is 2.21. The van der Waals surface area contributed by atoms with E-state index in [4.69, 9.17) is 4.42 Å². The molecule has 0 radical (unpaired) electrons. The van der Waals surface area contributed by atoms with Gasteiger partial charge in [-0.2, -0.15) is 0 Å². The Kier molecular flexibility index (Phi) is 5.43. The molecule has 5 heteroatoms. The van der Waals surface area contributed by atoms with Crippen molar-refractivity contribution in [2.24, 2.45) is 0 Å². The van der Waals surface area contributed by atoms with Crippen LogP contribution in [0.15, 0.2) is 41.1 Å². The fourth-order valence-corrected chi connectivity index (χ4v) is 2.91. The minimum atomic E-state index is 0.293. The smallest absolute Gasteiger partial charge is 0.122 e. The third kappa shape index (κ3) is 4.19. The molecule has 23 heavy (non-hydrogen) atoms. The lowest BCUT2D eigenvalue weighted by atomic mass is 10.1. The molecule has 0 aromatic carbocycles. The van der Waals surface area contributed by atoms with E-state index in [1.165, 1.54) is 5.56 Å². The first-order chi connectivity index (χ1) is 11.3. The normalized spacial score (nSPS) is 19.3. The van der Waals surface area contributed by atoms with Crippen LogP contribution >= 0.6 is 0 Å². The monoisotopic (exact) mass is 314 g/mol. The van der Waals surface area contributed by atoms with E-state index in [0.29, 0.717) is 12.1 Å². The third-order valence-electron chi connectivity index (χ3n) is 4.57. The molecule has 2 unspecified atom stereocenters. The van der Waals surface area contributed by atoms with Gasteiger partial charge in [0.1, 0.15) is 11.5 Å². The second-order valence-corrected chi connectivity index (χ2v) is 6.23. The van der Waals surface area contributed by atoms with Crippen LogP contribution in [0.3, 0.4) is 0 Å². The topological polar surface area (TPSA) is 53.3 Å². The standard InChI is InChI=1S/C18H26N4O/c1-3-14(2)22(12-15-6-9-19-10-7-15)13-16-4-5-18(23-16)17-8-11-20-21-17/h4-7,9-10,14,17,20-21H,3,8,11-13H2,1-2H3. The predicted molar refractivity (Wildman–Crippen MR) is 90.4 cm³/mol. The summed E-state index contributed by atoms with van der Waals surface area (Å²) in [5.74, 6) is 2.06. The zero-order valence-corrected chi connectivity index (χ0v) is 14.0. The largest absolute Gasteiger partial charge is 0.463 e. The van der Waals surface area contributed by atoms with E-state index in [-0.39, 0.29) is 0 Å². The van der Waals surface area contributed by atoms with Gasteiger partial charge in [-0.15, -0.1) is 0 Å². The average Bonchev–Trinajstić information content (AvgIpc) is 3.25. The van der Waals surface area contributed by atoms with E-state index in [2.05, 4.69) is 58.8 Å². The molecule has 3 rings (SSSR count). The summed E-state index contributed by atoms with van der Waals surface area (Å²) in [6.07, 6.45) is 5.90. The van der Waals surface area contributed by atoms with Gasteiger partial charge in [0, 0.05) is 31.5 Å². The van der Waals surface area contributed by atoms with Crippen LogP contribution < -0.4 is 10.9 Å². The lowest BCUT2D eigenvalue weighted by molar-refractivity contribution is 0.170. The number of hydrogen-bond donors (Lipinski definition) is 2. The van der Waals surface area contributed by atoms with Crippen molar-refractivity contribution in [3.8, 4) is 0 Å². The van der Waals surface area contributed by atoms with Gasteiger partial charge in [0.25, 0.3) is 0 Å². The zero-order chi connectivity index (χ0) is 16.1. The van der Waals surface area contributed by atoms with E-state index in [1.54, 1.807) is 0 Å². The highest BCUT2D eigenvalue weighted by Crippen LogP contribution is 2.23. The summed E-state index contributed by atoms with van der Waals surface area (Å²) in [5, 5.41) is 0. The quantitative estimate of drug-likeness (QED) is 0.823. The number of hydrogen-bond acceptors (Lipinski definition) is 5. The number of rotatable bonds is 7. The molecular formula is C18H26N4O. The lowest BCUT2D eigenvalue weighted by Crippen LogP contribution is -2.31. The van der Waals surface area contributed by atoms with Crippen molar-refractivity contribution in [1.82, 2.24) is 20.7 Å². The maximum atomic E-state index is 6.07. The van der Waals surface area contributed by atoms with E-state index < -0.39 is 0 Å². The van der Waals surface area contributed by atoms with Crippen molar-refractivity contribution in [2.45, 2.75) is 51.9 Å². The Balaban J connectivity index is 1.68. The third-order valence-corrected chi connectivity index (χ3v) is 4.57. The van der Waals surface area contributed by atoms with Crippen LogP contribution in [0.2, 0.25) is 0 Å². The van der Waals surface area contributed by atoms with E-state index >= 15 is 0 Å².